The first-order valence-corrected chi connectivity index (χ1v) is 8.43. The van der Waals surface area contributed by atoms with E-state index in [0.717, 1.165) is 35.0 Å². The first kappa shape index (κ1) is 14.9. The summed E-state index contributed by atoms with van der Waals surface area (Å²) in [5, 5.41) is 0.737. The van der Waals surface area contributed by atoms with Crippen LogP contribution in [0.4, 0.5) is 0 Å². The van der Waals surface area contributed by atoms with Crippen LogP contribution in [0.5, 0.6) is 0 Å². The lowest BCUT2D eigenvalue weighted by molar-refractivity contribution is 0.0709. The van der Waals surface area contributed by atoms with Gasteiger partial charge in [0.2, 0.25) is 0 Å². The number of hydrogen-bond acceptors (Lipinski definition) is 1. The molecule has 1 aliphatic carbocycles. The fourth-order valence-electron chi connectivity index (χ4n) is 4.29. The minimum Gasteiger partial charge on any atom is -0.341 e. The van der Waals surface area contributed by atoms with Gasteiger partial charge in [0.15, 0.2) is 0 Å². The molecule has 1 atom stereocenters. The maximum absolute atomic E-state index is 12.4. The molecular formula is C18H24ClNO. The van der Waals surface area contributed by atoms with Crippen LogP contribution in [-0.4, -0.2) is 24.4 Å². The number of likely N-dealkylation sites (N-methyl/N-ethyl adjacent to an activating group) is 1. The van der Waals surface area contributed by atoms with Gasteiger partial charge in [0.1, 0.15) is 0 Å². The van der Waals surface area contributed by atoms with Gasteiger partial charge in [-0.15, -0.1) is 0 Å². The number of nitrogens with zero attached hydrogens (tertiary/aromatic N) is 1. The maximum atomic E-state index is 12.4. The summed E-state index contributed by atoms with van der Waals surface area (Å²) in [5.74, 6) is 0.917. The van der Waals surface area contributed by atoms with Gasteiger partial charge in [-0.1, -0.05) is 50.6 Å². The zero-order chi connectivity index (χ0) is 15.0. The summed E-state index contributed by atoms with van der Waals surface area (Å²) in [5.41, 5.74) is 2.03. The van der Waals surface area contributed by atoms with Crippen LogP contribution in [-0.2, 0) is 5.41 Å². The molecule has 114 valence electrons. The number of benzene rings is 1. The van der Waals surface area contributed by atoms with Gasteiger partial charge in [0, 0.05) is 29.6 Å². The van der Waals surface area contributed by atoms with Crippen molar-refractivity contribution in [3.63, 3.8) is 0 Å². The van der Waals surface area contributed by atoms with Crippen LogP contribution in [0.15, 0.2) is 18.2 Å². The summed E-state index contributed by atoms with van der Waals surface area (Å²) in [6.07, 6.45) is 7.94. The number of carbonyl (C=O) groups is 1. The van der Waals surface area contributed by atoms with Gasteiger partial charge in [0.25, 0.3) is 5.91 Å². The molecule has 2 aliphatic rings. The van der Waals surface area contributed by atoms with Gasteiger partial charge in [-0.2, -0.15) is 0 Å². The van der Waals surface area contributed by atoms with Crippen molar-refractivity contribution in [2.75, 3.05) is 13.6 Å². The number of fused-ring (bicyclic) bond motifs is 1. The lowest BCUT2D eigenvalue weighted by Crippen LogP contribution is -2.47. The number of halogens is 1. The lowest BCUT2D eigenvalue weighted by Gasteiger charge is -2.43. The Morgan fingerprint density at radius 1 is 1.29 bits per heavy atom. The van der Waals surface area contributed by atoms with E-state index in [1.54, 1.807) is 0 Å². The third-order valence-electron chi connectivity index (χ3n) is 5.26. The fourth-order valence-corrected chi connectivity index (χ4v) is 4.46. The van der Waals surface area contributed by atoms with Crippen LogP contribution in [0.3, 0.4) is 0 Å². The molecule has 0 radical (unpaired) electrons. The molecule has 1 saturated carbocycles. The Kier molecular flexibility index (Phi) is 4.00. The Hall–Kier alpha value is -1.02. The molecule has 0 N–H and O–H groups in total. The second kappa shape index (κ2) is 5.64. The van der Waals surface area contributed by atoms with E-state index in [9.17, 15) is 4.79 Å². The molecule has 0 aromatic heterocycles. The minimum absolute atomic E-state index is 0.0326. The molecule has 1 aromatic rings. The van der Waals surface area contributed by atoms with Gasteiger partial charge >= 0.3 is 0 Å². The van der Waals surface area contributed by atoms with Crippen LogP contribution >= 0.6 is 11.6 Å². The number of carbonyl (C=O) groups excluding carboxylic acids is 1. The lowest BCUT2D eigenvalue weighted by atomic mass is 9.68. The molecule has 1 unspecified atom stereocenters. The molecule has 3 heteroatoms. The molecule has 0 spiro atoms. The van der Waals surface area contributed by atoms with Gasteiger partial charge in [-0.25, -0.2) is 0 Å². The van der Waals surface area contributed by atoms with Crippen LogP contribution < -0.4 is 0 Å². The Labute approximate surface area is 132 Å². The maximum Gasteiger partial charge on any atom is 0.253 e. The van der Waals surface area contributed by atoms with Crippen molar-refractivity contribution >= 4 is 17.5 Å². The molecule has 3 rings (SSSR count). The van der Waals surface area contributed by atoms with Crippen LogP contribution in [0.25, 0.3) is 0 Å². The molecule has 1 aliphatic heterocycles. The zero-order valence-electron chi connectivity index (χ0n) is 13.0. The monoisotopic (exact) mass is 305 g/mol. The predicted octanol–water partition coefficient (Wildman–Crippen LogP) is 4.65. The zero-order valence-corrected chi connectivity index (χ0v) is 13.7. The highest BCUT2D eigenvalue weighted by atomic mass is 35.5. The standard InChI is InChI=1S/C18H24ClNO/c1-18(11-13-6-4-3-5-7-13)12-20(2)17(21)15-9-8-14(19)10-16(15)18/h8-10,13H,3-7,11-12H2,1-2H3. The quantitative estimate of drug-likeness (QED) is 0.778. The van der Waals surface area contributed by atoms with E-state index in [2.05, 4.69) is 6.92 Å². The summed E-state index contributed by atoms with van der Waals surface area (Å²) in [6.45, 7) is 3.11. The van der Waals surface area contributed by atoms with E-state index in [1.807, 2.05) is 30.1 Å². The summed E-state index contributed by atoms with van der Waals surface area (Å²) >= 11 is 6.21. The SMILES string of the molecule is CN1CC(C)(CC2CCCCC2)c2cc(Cl)ccc2C1=O. The van der Waals surface area contributed by atoms with Gasteiger partial charge < -0.3 is 4.90 Å². The fraction of sp³-hybridized carbons (Fsp3) is 0.611. The van der Waals surface area contributed by atoms with E-state index in [-0.39, 0.29) is 11.3 Å². The van der Waals surface area contributed by atoms with E-state index in [1.165, 1.54) is 32.1 Å². The van der Waals surface area contributed by atoms with E-state index >= 15 is 0 Å². The molecule has 1 fully saturated rings. The van der Waals surface area contributed by atoms with E-state index < -0.39 is 0 Å². The second-order valence-corrected chi connectivity index (χ2v) is 7.56. The molecule has 0 bridgehead atoms. The molecule has 1 heterocycles. The predicted molar refractivity (Wildman–Crippen MR) is 87.0 cm³/mol. The summed E-state index contributed by atoms with van der Waals surface area (Å²) in [6, 6.07) is 5.75. The Morgan fingerprint density at radius 3 is 2.71 bits per heavy atom. The molecule has 0 saturated heterocycles. The molecule has 21 heavy (non-hydrogen) atoms. The second-order valence-electron chi connectivity index (χ2n) is 7.12. The van der Waals surface area contributed by atoms with E-state index in [4.69, 9.17) is 11.6 Å². The summed E-state index contributed by atoms with van der Waals surface area (Å²) in [7, 11) is 1.92. The van der Waals surface area contributed by atoms with Crippen molar-refractivity contribution in [1.29, 1.82) is 0 Å². The van der Waals surface area contributed by atoms with Crippen LogP contribution in [0.1, 0.15) is 61.4 Å². The van der Waals surface area contributed by atoms with Crippen LogP contribution in [0, 0.1) is 5.92 Å². The normalized spacial score (nSPS) is 26.8. The van der Waals surface area contributed by atoms with Gasteiger partial charge in [0.05, 0.1) is 0 Å². The topological polar surface area (TPSA) is 20.3 Å². The van der Waals surface area contributed by atoms with Crippen molar-refractivity contribution in [1.82, 2.24) is 4.90 Å². The highest BCUT2D eigenvalue weighted by Crippen LogP contribution is 2.42. The Bertz CT molecular complexity index is 550. The Morgan fingerprint density at radius 2 is 2.00 bits per heavy atom. The molecule has 2 nitrogen and oxygen atoms in total. The van der Waals surface area contributed by atoms with Crippen LogP contribution in [0.2, 0.25) is 5.02 Å². The highest BCUT2D eigenvalue weighted by Gasteiger charge is 2.40. The Balaban J connectivity index is 1.95. The first-order chi connectivity index (χ1) is 9.99. The summed E-state index contributed by atoms with van der Waals surface area (Å²) in [4.78, 5) is 14.3. The molecule has 1 aromatic carbocycles. The number of hydrogen-bond donors (Lipinski definition) is 0. The van der Waals surface area contributed by atoms with Gasteiger partial charge in [-0.3, -0.25) is 4.79 Å². The average Bonchev–Trinajstić information content (AvgIpc) is 2.46. The van der Waals surface area contributed by atoms with Crippen molar-refractivity contribution in [3.05, 3.63) is 34.3 Å². The van der Waals surface area contributed by atoms with Crippen molar-refractivity contribution in [3.8, 4) is 0 Å². The van der Waals surface area contributed by atoms with E-state index in [0.29, 0.717) is 0 Å². The average molecular weight is 306 g/mol. The van der Waals surface area contributed by atoms with Gasteiger partial charge in [-0.05, 0) is 36.1 Å². The molecular weight excluding hydrogens is 282 g/mol. The first-order valence-electron chi connectivity index (χ1n) is 8.05. The highest BCUT2D eigenvalue weighted by molar-refractivity contribution is 6.30. The third kappa shape index (κ3) is 2.83. The largest absolute Gasteiger partial charge is 0.341 e. The van der Waals surface area contributed by atoms with Crippen molar-refractivity contribution in [2.24, 2.45) is 5.92 Å². The van der Waals surface area contributed by atoms with Crippen molar-refractivity contribution < 1.29 is 4.79 Å². The van der Waals surface area contributed by atoms with Crippen molar-refractivity contribution in [2.45, 2.75) is 50.9 Å². The minimum atomic E-state index is 0.0326. The molecule has 1 amide bonds. The smallest absolute Gasteiger partial charge is 0.253 e. The third-order valence-corrected chi connectivity index (χ3v) is 5.49. The summed E-state index contributed by atoms with van der Waals surface area (Å²) < 4.78 is 0. The number of amides is 1. The number of rotatable bonds is 2.